The Hall–Kier alpha value is -0.0800. The standard InChI is InChI=1S/C7H12O2/c1-2-4-7-5-6(3-1)8-9-7/h6-7H,1-5H2/t6-,7+. The van der Waals surface area contributed by atoms with Crippen LogP contribution in [0.4, 0.5) is 0 Å². The highest BCUT2D eigenvalue weighted by Gasteiger charge is 2.29. The number of fused-ring (bicyclic) bond motifs is 2. The molecule has 2 atom stereocenters. The van der Waals surface area contributed by atoms with Crippen LogP contribution in [0.25, 0.3) is 0 Å². The Balaban J connectivity index is 1.99. The first kappa shape index (κ1) is 5.69. The summed E-state index contributed by atoms with van der Waals surface area (Å²) >= 11 is 0. The maximum atomic E-state index is 5.06. The van der Waals surface area contributed by atoms with Crippen molar-refractivity contribution in [2.24, 2.45) is 0 Å². The van der Waals surface area contributed by atoms with Gasteiger partial charge in [-0.1, -0.05) is 12.8 Å². The Morgan fingerprint density at radius 2 is 1.44 bits per heavy atom. The zero-order chi connectivity index (χ0) is 6.10. The van der Waals surface area contributed by atoms with Crippen LogP contribution in [-0.4, -0.2) is 12.2 Å². The van der Waals surface area contributed by atoms with Gasteiger partial charge in [-0.15, -0.1) is 0 Å². The van der Waals surface area contributed by atoms with Crippen molar-refractivity contribution >= 4 is 0 Å². The van der Waals surface area contributed by atoms with Crippen molar-refractivity contribution in [1.29, 1.82) is 0 Å². The maximum absolute atomic E-state index is 5.06. The fraction of sp³-hybridized carbons (Fsp3) is 1.00. The van der Waals surface area contributed by atoms with Crippen molar-refractivity contribution in [3.63, 3.8) is 0 Å². The van der Waals surface area contributed by atoms with E-state index >= 15 is 0 Å². The minimum absolute atomic E-state index is 0.428. The lowest BCUT2D eigenvalue weighted by Gasteiger charge is -2.06. The molecule has 0 aromatic heterocycles. The van der Waals surface area contributed by atoms with E-state index < -0.39 is 0 Å². The Labute approximate surface area is 55.1 Å². The van der Waals surface area contributed by atoms with Crippen LogP contribution in [0.5, 0.6) is 0 Å². The lowest BCUT2D eigenvalue weighted by Crippen LogP contribution is -2.02. The van der Waals surface area contributed by atoms with Crippen molar-refractivity contribution in [2.75, 3.05) is 0 Å². The molecule has 9 heavy (non-hydrogen) atoms. The number of hydrogen-bond donors (Lipinski definition) is 0. The molecule has 2 fully saturated rings. The zero-order valence-corrected chi connectivity index (χ0v) is 5.51. The minimum Gasteiger partial charge on any atom is -0.233 e. The molecule has 2 aliphatic rings. The first-order valence-electron chi connectivity index (χ1n) is 3.77. The molecule has 2 heteroatoms. The lowest BCUT2D eigenvalue weighted by atomic mass is 10.1. The van der Waals surface area contributed by atoms with Crippen molar-refractivity contribution in [1.82, 2.24) is 0 Å². The predicted molar refractivity (Wildman–Crippen MR) is 32.8 cm³/mol. The van der Waals surface area contributed by atoms with Crippen LogP contribution in [0.15, 0.2) is 0 Å². The molecule has 2 bridgehead atoms. The van der Waals surface area contributed by atoms with E-state index in [0.29, 0.717) is 12.2 Å². The van der Waals surface area contributed by atoms with Gasteiger partial charge in [0.25, 0.3) is 0 Å². The van der Waals surface area contributed by atoms with Gasteiger partial charge >= 0.3 is 0 Å². The monoisotopic (exact) mass is 128 g/mol. The summed E-state index contributed by atoms with van der Waals surface area (Å²) < 4.78 is 0. The third-order valence-corrected chi connectivity index (χ3v) is 2.16. The number of hydrogen-bond acceptors (Lipinski definition) is 2. The van der Waals surface area contributed by atoms with Gasteiger partial charge in [0.05, 0.1) is 12.2 Å². The van der Waals surface area contributed by atoms with Crippen molar-refractivity contribution < 1.29 is 9.78 Å². The summed E-state index contributed by atoms with van der Waals surface area (Å²) in [5, 5.41) is 0. The van der Waals surface area contributed by atoms with E-state index in [9.17, 15) is 0 Å². The van der Waals surface area contributed by atoms with Crippen LogP contribution in [0.3, 0.4) is 0 Å². The molecule has 0 N–H and O–H groups in total. The van der Waals surface area contributed by atoms with Gasteiger partial charge in [0.15, 0.2) is 0 Å². The summed E-state index contributed by atoms with van der Waals surface area (Å²) in [6, 6.07) is 0. The van der Waals surface area contributed by atoms with Gasteiger partial charge in [-0.05, 0) is 12.8 Å². The van der Waals surface area contributed by atoms with Crippen LogP contribution < -0.4 is 0 Å². The SMILES string of the molecule is C1CC[C@H]2C[C@@H](C1)OO2. The van der Waals surface area contributed by atoms with Gasteiger partial charge in [-0.3, -0.25) is 0 Å². The van der Waals surface area contributed by atoms with Crippen LogP contribution >= 0.6 is 0 Å². The third kappa shape index (κ3) is 1.10. The molecule has 2 rings (SSSR count). The molecule has 1 saturated carbocycles. The zero-order valence-electron chi connectivity index (χ0n) is 5.51. The Kier molecular flexibility index (Phi) is 1.44. The van der Waals surface area contributed by atoms with Crippen LogP contribution in [-0.2, 0) is 9.78 Å². The van der Waals surface area contributed by atoms with E-state index in [2.05, 4.69) is 0 Å². The molecule has 0 amide bonds. The van der Waals surface area contributed by atoms with Gasteiger partial charge in [-0.2, -0.15) is 0 Å². The first-order chi connectivity index (χ1) is 4.45. The van der Waals surface area contributed by atoms with Crippen molar-refractivity contribution in [3.8, 4) is 0 Å². The van der Waals surface area contributed by atoms with Crippen LogP contribution in [0, 0.1) is 0 Å². The van der Waals surface area contributed by atoms with Gasteiger partial charge in [-0.25, -0.2) is 9.78 Å². The second-order valence-corrected chi connectivity index (χ2v) is 2.96. The van der Waals surface area contributed by atoms with Crippen molar-refractivity contribution in [3.05, 3.63) is 0 Å². The third-order valence-electron chi connectivity index (χ3n) is 2.16. The quantitative estimate of drug-likeness (QED) is 0.462. The molecule has 52 valence electrons. The van der Waals surface area contributed by atoms with Crippen LogP contribution in [0.1, 0.15) is 32.1 Å². The minimum atomic E-state index is 0.428. The normalized spacial score (nSPS) is 42.7. The average molecular weight is 128 g/mol. The Morgan fingerprint density at radius 3 is 2.00 bits per heavy atom. The Bertz CT molecular complexity index is 91.1. The molecule has 0 spiro atoms. The highest BCUT2D eigenvalue weighted by molar-refractivity contribution is 4.73. The second kappa shape index (κ2) is 2.27. The van der Waals surface area contributed by atoms with Gasteiger partial charge in [0, 0.05) is 6.42 Å². The average Bonchev–Trinajstić information content (AvgIpc) is 2.09. The van der Waals surface area contributed by atoms with E-state index in [1.807, 2.05) is 0 Å². The fourth-order valence-electron chi connectivity index (χ4n) is 1.60. The predicted octanol–water partition coefficient (Wildman–Crippen LogP) is 1.65. The summed E-state index contributed by atoms with van der Waals surface area (Å²) in [4.78, 5) is 10.1. The van der Waals surface area contributed by atoms with Crippen LogP contribution in [0.2, 0.25) is 0 Å². The van der Waals surface area contributed by atoms with E-state index in [0.717, 1.165) is 6.42 Å². The summed E-state index contributed by atoms with van der Waals surface area (Å²) in [6.07, 6.45) is 7.05. The van der Waals surface area contributed by atoms with E-state index in [1.54, 1.807) is 0 Å². The lowest BCUT2D eigenvalue weighted by molar-refractivity contribution is -0.301. The van der Waals surface area contributed by atoms with E-state index in [4.69, 9.17) is 9.78 Å². The molecule has 0 radical (unpaired) electrons. The highest BCUT2D eigenvalue weighted by atomic mass is 17.2. The number of rotatable bonds is 0. The highest BCUT2D eigenvalue weighted by Crippen LogP contribution is 2.28. The van der Waals surface area contributed by atoms with Gasteiger partial charge in [0.1, 0.15) is 0 Å². The molecule has 0 aromatic carbocycles. The van der Waals surface area contributed by atoms with E-state index in [1.165, 1.54) is 25.7 Å². The second-order valence-electron chi connectivity index (χ2n) is 2.96. The summed E-state index contributed by atoms with van der Waals surface area (Å²) in [7, 11) is 0. The summed E-state index contributed by atoms with van der Waals surface area (Å²) in [5.74, 6) is 0. The smallest absolute Gasteiger partial charge is 0.0956 e. The van der Waals surface area contributed by atoms with Crippen molar-refractivity contribution in [2.45, 2.75) is 44.3 Å². The fourth-order valence-corrected chi connectivity index (χ4v) is 1.60. The van der Waals surface area contributed by atoms with Gasteiger partial charge < -0.3 is 0 Å². The molecule has 2 nitrogen and oxygen atoms in total. The molecular weight excluding hydrogens is 116 g/mol. The molecule has 1 aliphatic heterocycles. The molecule has 1 heterocycles. The molecular formula is C7H12O2. The molecule has 1 saturated heterocycles. The summed E-state index contributed by atoms with van der Waals surface area (Å²) in [6.45, 7) is 0. The van der Waals surface area contributed by atoms with Gasteiger partial charge in [0.2, 0.25) is 0 Å². The first-order valence-corrected chi connectivity index (χ1v) is 3.77. The molecule has 0 aromatic rings. The topological polar surface area (TPSA) is 18.5 Å². The molecule has 0 unspecified atom stereocenters. The molecule has 1 aliphatic carbocycles. The van der Waals surface area contributed by atoms with E-state index in [-0.39, 0.29) is 0 Å². The summed E-state index contributed by atoms with van der Waals surface area (Å²) in [5.41, 5.74) is 0. The largest absolute Gasteiger partial charge is 0.233 e. The maximum Gasteiger partial charge on any atom is 0.0956 e. The Morgan fingerprint density at radius 1 is 0.889 bits per heavy atom.